The average Bonchev–Trinajstić information content (AvgIpc) is 2.78. The van der Waals surface area contributed by atoms with E-state index in [1.165, 1.54) is 19.2 Å². The smallest absolute Gasteiger partial charge is 0.263 e. The van der Waals surface area contributed by atoms with Gasteiger partial charge in [0.2, 0.25) is 0 Å². The van der Waals surface area contributed by atoms with Gasteiger partial charge in [0.05, 0.1) is 36.4 Å². The lowest BCUT2D eigenvalue weighted by Gasteiger charge is -2.46. The molecule has 4 rings (SSSR count). The summed E-state index contributed by atoms with van der Waals surface area (Å²) in [6.45, 7) is 2.98. The third-order valence-corrected chi connectivity index (χ3v) is 6.15. The van der Waals surface area contributed by atoms with E-state index in [1.54, 1.807) is 35.2 Å². The van der Waals surface area contributed by atoms with Crippen LogP contribution in [0.5, 0.6) is 5.75 Å². The molecule has 2 aromatic carbocycles. The Labute approximate surface area is 179 Å². The van der Waals surface area contributed by atoms with Crippen molar-refractivity contribution in [1.29, 1.82) is 0 Å². The predicted molar refractivity (Wildman–Crippen MR) is 109 cm³/mol. The molecule has 0 radical (unpaired) electrons. The van der Waals surface area contributed by atoms with Crippen molar-refractivity contribution < 1.29 is 23.0 Å². The van der Waals surface area contributed by atoms with E-state index in [0.717, 1.165) is 5.56 Å². The van der Waals surface area contributed by atoms with Gasteiger partial charge in [0.15, 0.2) is 0 Å². The van der Waals surface area contributed by atoms with Crippen molar-refractivity contribution in [3.05, 3.63) is 64.2 Å². The van der Waals surface area contributed by atoms with Gasteiger partial charge in [-0.15, -0.1) is 0 Å². The van der Waals surface area contributed by atoms with Crippen LogP contribution in [-0.4, -0.2) is 61.6 Å². The van der Waals surface area contributed by atoms with Gasteiger partial charge in [-0.3, -0.25) is 9.69 Å². The van der Waals surface area contributed by atoms with Crippen molar-refractivity contribution in [2.45, 2.75) is 18.6 Å². The van der Waals surface area contributed by atoms with Crippen molar-refractivity contribution in [2.75, 3.05) is 39.9 Å². The van der Waals surface area contributed by atoms with Gasteiger partial charge in [-0.25, -0.2) is 8.78 Å². The molecular weight excluding hydrogens is 414 g/mol. The Morgan fingerprint density at radius 3 is 2.63 bits per heavy atom. The number of morpholine rings is 1. The van der Waals surface area contributed by atoms with Crippen LogP contribution < -0.4 is 4.74 Å². The number of piperazine rings is 1. The Kier molecular flexibility index (Phi) is 6.22. The van der Waals surface area contributed by atoms with Crippen LogP contribution in [0.1, 0.15) is 34.0 Å². The second-order valence-corrected chi connectivity index (χ2v) is 7.89. The summed E-state index contributed by atoms with van der Waals surface area (Å²) in [7, 11) is 1.52. The van der Waals surface area contributed by atoms with E-state index >= 15 is 0 Å². The van der Waals surface area contributed by atoms with Gasteiger partial charge in [0, 0.05) is 31.7 Å². The lowest BCUT2D eigenvalue weighted by atomic mass is 10.0. The van der Waals surface area contributed by atoms with Gasteiger partial charge in [-0.2, -0.15) is 0 Å². The molecule has 0 aromatic heterocycles. The first-order valence-electron chi connectivity index (χ1n) is 9.83. The second-order valence-electron chi connectivity index (χ2n) is 7.51. The molecule has 2 fully saturated rings. The summed E-state index contributed by atoms with van der Waals surface area (Å²) >= 11 is 6.32. The lowest BCUT2D eigenvalue weighted by molar-refractivity contribution is -0.0858. The zero-order chi connectivity index (χ0) is 21.3. The number of carbonyl (C=O) groups is 1. The molecule has 5 nitrogen and oxygen atoms in total. The molecule has 2 aromatic rings. The van der Waals surface area contributed by atoms with Gasteiger partial charge >= 0.3 is 0 Å². The number of hydrogen-bond donors (Lipinski definition) is 0. The number of nitrogens with zero attached hydrogens (tertiary/aromatic N) is 2. The normalized spacial score (nSPS) is 22.1. The van der Waals surface area contributed by atoms with E-state index in [1.807, 2.05) is 0 Å². The molecule has 2 aliphatic heterocycles. The molecule has 0 bridgehead atoms. The number of carbonyl (C=O) groups excluding carboxylic acids is 1. The molecule has 8 heteroatoms. The zero-order valence-electron chi connectivity index (χ0n) is 16.6. The number of fused-ring (bicyclic) bond motifs is 1. The summed E-state index contributed by atoms with van der Waals surface area (Å²) in [4.78, 5) is 17.1. The van der Waals surface area contributed by atoms with Crippen molar-refractivity contribution in [3.63, 3.8) is 0 Å². The number of hydrogen-bond acceptors (Lipinski definition) is 4. The van der Waals surface area contributed by atoms with Crippen LogP contribution in [0, 0.1) is 0 Å². The Hall–Kier alpha value is -2.22. The summed E-state index contributed by atoms with van der Waals surface area (Å²) in [5.41, 5.74) is 1.33. The highest BCUT2D eigenvalue weighted by molar-refractivity contribution is 6.35. The number of methoxy groups -OCH3 is 1. The van der Waals surface area contributed by atoms with E-state index in [9.17, 15) is 13.6 Å². The van der Waals surface area contributed by atoms with Crippen molar-refractivity contribution >= 4 is 17.5 Å². The summed E-state index contributed by atoms with van der Waals surface area (Å²) in [5.74, 6) is 0.353. The number of amides is 1. The fraction of sp³-hybridized carbons (Fsp3) is 0.409. The fourth-order valence-electron chi connectivity index (χ4n) is 4.03. The molecule has 2 aliphatic rings. The number of benzene rings is 2. The highest BCUT2D eigenvalue weighted by atomic mass is 35.5. The Morgan fingerprint density at radius 2 is 1.93 bits per heavy atom. The predicted octanol–water partition coefficient (Wildman–Crippen LogP) is 4.18. The number of ether oxygens (including phenoxy) is 2. The summed E-state index contributed by atoms with van der Waals surface area (Å²) in [5, 5.41) is 0.319. The van der Waals surface area contributed by atoms with Crippen LogP contribution in [0.25, 0.3) is 0 Å². The number of rotatable bonds is 4. The van der Waals surface area contributed by atoms with Crippen molar-refractivity contribution in [2.24, 2.45) is 0 Å². The zero-order valence-corrected chi connectivity index (χ0v) is 17.3. The average molecular weight is 437 g/mol. The Balaban J connectivity index is 1.40. The maximum atomic E-state index is 13.0. The maximum absolute atomic E-state index is 13.0. The van der Waals surface area contributed by atoms with Crippen molar-refractivity contribution in [1.82, 2.24) is 9.80 Å². The first-order chi connectivity index (χ1) is 14.5. The van der Waals surface area contributed by atoms with Crippen LogP contribution >= 0.6 is 11.6 Å². The third kappa shape index (κ3) is 4.15. The van der Waals surface area contributed by atoms with E-state index < -0.39 is 6.43 Å². The molecule has 1 amide bonds. The van der Waals surface area contributed by atoms with Crippen LogP contribution in [0.3, 0.4) is 0 Å². The largest absolute Gasteiger partial charge is 0.495 e. The van der Waals surface area contributed by atoms with Gasteiger partial charge in [0.25, 0.3) is 12.3 Å². The molecule has 160 valence electrons. The molecule has 0 aliphatic carbocycles. The SMILES string of the molecule is COc1cccc(C(=O)N2CCN3CC(c4ccc(C(F)F)cc4)OCC3C2)c1Cl. The van der Waals surface area contributed by atoms with Gasteiger partial charge in [0.1, 0.15) is 5.75 Å². The molecule has 2 heterocycles. The molecule has 2 atom stereocenters. The van der Waals surface area contributed by atoms with E-state index in [2.05, 4.69) is 4.90 Å². The van der Waals surface area contributed by atoms with Crippen molar-refractivity contribution in [3.8, 4) is 5.75 Å². The quantitative estimate of drug-likeness (QED) is 0.721. The first-order valence-corrected chi connectivity index (χ1v) is 10.2. The van der Waals surface area contributed by atoms with E-state index in [0.29, 0.717) is 49.1 Å². The molecule has 30 heavy (non-hydrogen) atoms. The molecule has 0 N–H and O–H groups in total. The summed E-state index contributed by atoms with van der Waals surface area (Å²) in [6.07, 6.45) is -2.64. The lowest BCUT2D eigenvalue weighted by Crippen LogP contribution is -2.59. The monoisotopic (exact) mass is 436 g/mol. The Morgan fingerprint density at radius 1 is 1.17 bits per heavy atom. The topological polar surface area (TPSA) is 42.0 Å². The van der Waals surface area contributed by atoms with E-state index in [-0.39, 0.29) is 23.6 Å². The molecule has 0 saturated carbocycles. The molecular formula is C22H23ClF2N2O3. The highest BCUT2D eigenvalue weighted by Gasteiger charge is 2.36. The fourth-order valence-corrected chi connectivity index (χ4v) is 4.31. The minimum absolute atomic E-state index is 0.00997. The van der Waals surface area contributed by atoms with E-state index in [4.69, 9.17) is 21.1 Å². The summed E-state index contributed by atoms with van der Waals surface area (Å²) < 4.78 is 36.8. The Bertz CT molecular complexity index is 910. The third-order valence-electron chi connectivity index (χ3n) is 5.76. The molecule has 0 spiro atoms. The van der Waals surface area contributed by atoms with Gasteiger partial charge in [-0.05, 0) is 17.7 Å². The standard InChI is InChI=1S/C22H23ClF2N2O3/c1-29-18-4-2-3-17(20(18)23)22(28)27-10-9-26-12-19(30-13-16(26)11-27)14-5-7-15(8-6-14)21(24)25/h2-8,16,19,21H,9-13H2,1H3. The minimum Gasteiger partial charge on any atom is -0.495 e. The van der Waals surface area contributed by atoms with Crippen LogP contribution in [0.15, 0.2) is 42.5 Å². The van der Waals surface area contributed by atoms with Crippen LogP contribution in [0.2, 0.25) is 5.02 Å². The van der Waals surface area contributed by atoms with Gasteiger partial charge < -0.3 is 14.4 Å². The molecule has 2 unspecified atom stereocenters. The summed E-state index contributed by atoms with van der Waals surface area (Å²) in [6, 6.07) is 11.6. The maximum Gasteiger partial charge on any atom is 0.263 e. The van der Waals surface area contributed by atoms with Gasteiger partial charge in [-0.1, -0.05) is 41.9 Å². The highest BCUT2D eigenvalue weighted by Crippen LogP contribution is 2.31. The van der Waals surface area contributed by atoms with Crippen LogP contribution in [-0.2, 0) is 4.74 Å². The van der Waals surface area contributed by atoms with Crippen LogP contribution in [0.4, 0.5) is 8.78 Å². The molecule has 2 saturated heterocycles. The first kappa shape index (κ1) is 21.0. The number of alkyl halides is 2. The number of halogens is 3. The minimum atomic E-state index is -2.47. The second kappa shape index (κ2) is 8.88.